The van der Waals surface area contributed by atoms with E-state index in [1.807, 2.05) is 54.6 Å². The van der Waals surface area contributed by atoms with E-state index in [4.69, 9.17) is 0 Å². The highest BCUT2D eigenvalue weighted by Crippen LogP contribution is 2.15. The molecule has 4 heteroatoms. The van der Waals surface area contributed by atoms with Crippen molar-refractivity contribution in [2.24, 2.45) is 0 Å². The first-order valence-electron chi connectivity index (χ1n) is 7.27. The van der Waals surface area contributed by atoms with Crippen LogP contribution in [0.2, 0.25) is 0 Å². The standard InChI is InChI=1S/C18H17N3O/c1-2-14-8-10-16(11-9-14)18(22)20-21-13-12-19-17(21)15-6-4-3-5-7-15/h3-13H,2H2,1H3,(H,20,22). The summed E-state index contributed by atoms with van der Waals surface area (Å²) in [6.45, 7) is 2.09. The lowest BCUT2D eigenvalue weighted by molar-refractivity contribution is 0.101. The second-order valence-corrected chi connectivity index (χ2v) is 4.98. The minimum absolute atomic E-state index is 0.155. The summed E-state index contributed by atoms with van der Waals surface area (Å²) in [7, 11) is 0. The molecule has 4 nitrogen and oxygen atoms in total. The average molecular weight is 291 g/mol. The molecule has 0 aliphatic carbocycles. The number of hydrogen-bond donors (Lipinski definition) is 1. The third kappa shape index (κ3) is 2.91. The first-order chi connectivity index (χ1) is 10.8. The fourth-order valence-corrected chi connectivity index (χ4v) is 2.26. The molecule has 3 aromatic rings. The number of nitrogens with one attached hydrogen (secondary N) is 1. The molecular weight excluding hydrogens is 274 g/mol. The molecule has 0 aliphatic heterocycles. The van der Waals surface area contributed by atoms with E-state index in [-0.39, 0.29) is 5.91 Å². The molecule has 0 unspecified atom stereocenters. The first-order valence-corrected chi connectivity index (χ1v) is 7.27. The fraction of sp³-hybridized carbons (Fsp3) is 0.111. The Bertz CT molecular complexity index is 761. The second-order valence-electron chi connectivity index (χ2n) is 4.98. The summed E-state index contributed by atoms with van der Waals surface area (Å²) in [5.41, 5.74) is 5.65. The van der Waals surface area contributed by atoms with Crippen molar-refractivity contribution in [1.82, 2.24) is 9.66 Å². The zero-order valence-corrected chi connectivity index (χ0v) is 12.4. The van der Waals surface area contributed by atoms with Crippen LogP contribution in [0.4, 0.5) is 0 Å². The maximum absolute atomic E-state index is 12.3. The van der Waals surface area contributed by atoms with Crippen LogP contribution in [0.25, 0.3) is 11.4 Å². The van der Waals surface area contributed by atoms with Crippen LogP contribution in [0.5, 0.6) is 0 Å². The summed E-state index contributed by atoms with van der Waals surface area (Å²) in [6.07, 6.45) is 4.37. The van der Waals surface area contributed by atoms with Gasteiger partial charge in [0.25, 0.3) is 5.91 Å². The summed E-state index contributed by atoms with van der Waals surface area (Å²) in [5, 5.41) is 0. The van der Waals surface area contributed by atoms with Gasteiger partial charge in [-0.25, -0.2) is 9.66 Å². The number of rotatable bonds is 4. The first kappa shape index (κ1) is 14.1. The van der Waals surface area contributed by atoms with Gasteiger partial charge in [-0.15, -0.1) is 0 Å². The molecule has 1 amide bonds. The predicted octanol–water partition coefficient (Wildman–Crippen LogP) is 3.50. The monoisotopic (exact) mass is 291 g/mol. The van der Waals surface area contributed by atoms with E-state index in [1.54, 1.807) is 17.1 Å². The molecule has 0 spiro atoms. The highest BCUT2D eigenvalue weighted by atomic mass is 16.2. The van der Waals surface area contributed by atoms with Gasteiger partial charge in [0.2, 0.25) is 0 Å². The van der Waals surface area contributed by atoms with Crippen LogP contribution in [0.15, 0.2) is 67.0 Å². The molecule has 0 bridgehead atoms. The molecule has 0 atom stereocenters. The van der Waals surface area contributed by atoms with Crippen molar-refractivity contribution in [3.8, 4) is 11.4 Å². The third-order valence-corrected chi connectivity index (χ3v) is 3.52. The number of hydrogen-bond acceptors (Lipinski definition) is 2. The molecule has 3 rings (SSSR count). The van der Waals surface area contributed by atoms with Gasteiger partial charge in [0, 0.05) is 23.5 Å². The Morgan fingerprint density at radius 1 is 1.09 bits per heavy atom. The summed E-state index contributed by atoms with van der Waals surface area (Å²) in [4.78, 5) is 16.6. The van der Waals surface area contributed by atoms with E-state index in [1.165, 1.54) is 5.56 Å². The van der Waals surface area contributed by atoms with Crippen molar-refractivity contribution in [2.75, 3.05) is 5.43 Å². The topological polar surface area (TPSA) is 46.9 Å². The van der Waals surface area contributed by atoms with Gasteiger partial charge < -0.3 is 0 Å². The number of aromatic nitrogens is 2. The zero-order chi connectivity index (χ0) is 15.4. The summed E-state index contributed by atoms with van der Waals surface area (Å²) < 4.78 is 1.64. The normalized spacial score (nSPS) is 10.4. The Morgan fingerprint density at radius 3 is 2.50 bits per heavy atom. The molecular formula is C18H17N3O. The van der Waals surface area contributed by atoms with Crippen molar-refractivity contribution < 1.29 is 4.79 Å². The minimum atomic E-state index is -0.155. The molecule has 22 heavy (non-hydrogen) atoms. The Morgan fingerprint density at radius 2 is 1.82 bits per heavy atom. The van der Waals surface area contributed by atoms with Gasteiger partial charge in [-0.3, -0.25) is 10.2 Å². The number of benzene rings is 2. The molecule has 2 aromatic carbocycles. The highest BCUT2D eigenvalue weighted by Gasteiger charge is 2.10. The number of nitrogens with zero attached hydrogens (tertiary/aromatic N) is 2. The van der Waals surface area contributed by atoms with E-state index >= 15 is 0 Å². The number of carbonyl (C=O) groups is 1. The van der Waals surface area contributed by atoms with Crippen LogP contribution in [0, 0.1) is 0 Å². The van der Waals surface area contributed by atoms with E-state index in [0.29, 0.717) is 11.4 Å². The van der Waals surface area contributed by atoms with Crippen LogP contribution in [0.1, 0.15) is 22.8 Å². The smallest absolute Gasteiger partial charge is 0.267 e. The summed E-state index contributed by atoms with van der Waals surface area (Å²) >= 11 is 0. The van der Waals surface area contributed by atoms with Gasteiger partial charge in [0.1, 0.15) is 0 Å². The summed E-state index contributed by atoms with van der Waals surface area (Å²) in [5.74, 6) is 0.553. The SMILES string of the molecule is CCc1ccc(C(=O)Nn2ccnc2-c2ccccc2)cc1. The number of carbonyl (C=O) groups excluding carboxylic acids is 1. The molecule has 0 radical (unpaired) electrons. The molecule has 110 valence electrons. The van der Waals surface area contributed by atoms with Gasteiger partial charge in [0.05, 0.1) is 0 Å². The number of aryl methyl sites for hydroxylation is 1. The maximum atomic E-state index is 12.3. The Hall–Kier alpha value is -2.88. The lowest BCUT2D eigenvalue weighted by Gasteiger charge is -2.10. The predicted molar refractivity (Wildman–Crippen MR) is 87.2 cm³/mol. The van der Waals surface area contributed by atoms with Crippen molar-refractivity contribution >= 4 is 5.91 Å². The largest absolute Gasteiger partial charge is 0.270 e. The van der Waals surface area contributed by atoms with Crippen LogP contribution >= 0.6 is 0 Å². The van der Waals surface area contributed by atoms with Gasteiger partial charge in [0.15, 0.2) is 5.82 Å². The highest BCUT2D eigenvalue weighted by molar-refractivity contribution is 6.00. The second kappa shape index (κ2) is 6.26. The van der Waals surface area contributed by atoms with E-state index in [0.717, 1.165) is 12.0 Å². The van der Waals surface area contributed by atoms with Crippen molar-refractivity contribution in [3.63, 3.8) is 0 Å². The van der Waals surface area contributed by atoms with Gasteiger partial charge in [-0.2, -0.15) is 0 Å². The molecule has 1 heterocycles. The zero-order valence-electron chi connectivity index (χ0n) is 12.4. The van der Waals surface area contributed by atoms with Crippen LogP contribution < -0.4 is 5.43 Å². The molecule has 1 aromatic heterocycles. The van der Waals surface area contributed by atoms with Crippen molar-refractivity contribution in [1.29, 1.82) is 0 Å². The average Bonchev–Trinajstić information content (AvgIpc) is 3.04. The lowest BCUT2D eigenvalue weighted by atomic mass is 10.1. The van der Waals surface area contributed by atoms with Gasteiger partial charge >= 0.3 is 0 Å². The molecule has 1 N–H and O–H groups in total. The Balaban J connectivity index is 1.81. The molecule has 0 saturated heterocycles. The molecule has 0 saturated carbocycles. The lowest BCUT2D eigenvalue weighted by Crippen LogP contribution is -2.23. The fourth-order valence-electron chi connectivity index (χ4n) is 2.26. The Kier molecular flexibility index (Phi) is 4.01. The van der Waals surface area contributed by atoms with Crippen LogP contribution in [-0.2, 0) is 6.42 Å². The van der Waals surface area contributed by atoms with Crippen molar-refractivity contribution in [3.05, 3.63) is 78.1 Å². The van der Waals surface area contributed by atoms with Gasteiger partial charge in [-0.1, -0.05) is 49.4 Å². The van der Waals surface area contributed by atoms with Crippen LogP contribution in [0.3, 0.4) is 0 Å². The number of imidazole rings is 1. The number of amides is 1. The molecule has 0 fully saturated rings. The van der Waals surface area contributed by atoms with E-state index in [9.17, 15) is 4.79 Å². The van der Waals surface area contributed by atoms with Gasteiger partial charge in [-0.05, 0) is 24.1 Å². The molecule has 0 aliphatic rings. The van der Waals surface area contributed by atoms with E-state index in [2.05, 4.69) is 17.3 Å². The maximum Gasteiger partial charge on any atom is 0.270 e. The van der Waals surface area contributed by atoms with E-state index < -0.39 is 0 Å². The third-order valence-electron chi connectivity index (χ3n) is 3.52. The Labute approximate surface area is 129 Å². The minimum Gasteiger partial charge on any atom is -0.267 e. The quantitative estimate of drug-likeness (QED) is 0.799. The summed E-state index contributed by atoms with van der Waals surface area (Å²) in [6, 6.07) is 17.4. The van der Waals surface area contributed by atoms with Crippen LogP contribution in [-0.4, -0.2) is 15.6 Å². The van der Waals surface area contributed by atoms with Crippen molar-refractivity contribution in [2.45, 2.75) is 13.3 Å².